The summed E-state index contributed by atoms with van der Waals surface area (Å²) < 4.78 is 19.8. The van der Waals surface area contributed by atoms with Gasteiger partial charge in [0.25, 0.3) is 11.8 Å². The number of halogens is 1. The smallest absolute Gasteiger partial charge is 0.255 e. The molecular weight excluding hydrogens is 509 g/mol. The number of likely N-dealkylation sites (N-methyl/N-ethyl adjacent to an activating group) is 1. The lowest BCUT2D eigenvalue weighted by molar-refractivity contribution is -0.119. The summed E-state index contributed by atoms with van der Waals surface area (Å²) in [7, 11) is 3.10. The Balaban J connectivity index is 1.65. The van der Waals surface area contributed by atoms with Crippen molar-refractivity contribution in [3.63, 3.8) is 0 Å². The van der Waals surface area contributed by atoms with Gasteiger partial charge in [0.1, 0.15) is 17.2 Å². The van der Waals surface area contributed by atoms with E-state index in [0.29, 0.717) is 50.5 Å². The number of carbonyl (C=O) groups is 3. The molecule has 0 spiro atoms. The van der Waals surface area contributed by atoms with E-state index in [1.807, 2.05) is 18.2 Å². The Morgan fingerprint density at radius 2 is 1.68 bits per heavy atom. The fraction of sp³-hybridized carbons (Fsp3) is 0.281. The second kappa shape index (κ2) is 10.6. The highest BCUT2D eigenvalue weighted by atomic mass is 19.1. The van der Waals surface area contributed by atoms with Crippen molar-refractivity contribution in [3.8, 4) is 22.5 Å². The predicted octanol–water partition coefficient (Wildman–Crippen LogP) is 5.47. The largest absolute Gasteiger partial charge is 0.455 e. The molecule has 0 bridgehead atoms. The zero-order valence-corrected chi connectivity index (χ0v) is 23.0. The number of hydrogen-bond acceptors (Lipinski definition) is 4. The summed E-state index contributed by atoms with van der Waals surface area (Å²) in [6.07, 6.45) is 1.94. The highest BCUT2D eigenvalue weighted by Gasteiger charge is 2.39. The monoisotopic (exact) mass is 541 g/mol. The van der Waals surface area contributed by atoms with Gasteiger partial charge >= 0.3 is 0 Å². The molecule has 3 amide bonds. The first-order valence-corrected chi connectivity index (χ1v) is 13.3. The first-order valence-electron chi connectivity index (χ1n) is 13.3. The molecule has 0 atom stereocenters. The first-order chi connectivity index (χ1) is 19.1. The Bertz CT molecular complexity index is 1620. The van der Waals surface area contributed by atoms with Gasteiger partial charge in [0.05, 0.1) is 12.0 Å². The van der Waals surface area contributed by atoms with Crippen molar-refractivity contribution in [3.05, 3.63) is 83.2 Å². The van der Waals surface area contributed by atoms with Gasteiger partial charge in [0.15, 0.2) is 0 Å². The van der Waals surface area contributed by atoms with E-state index in [1.165, 1.54) is 19.2 Å². The molecule has 1 heterocycles. The molecule has 3 N–H and O–H groups in total. The molecule has 4 aromatic rings. The summed E-state index contributed by atoms with van der Waals surface area (Å²) in [6.45, 7) is 4.23. The van der Waals surface area contributed by atoms with Gasteiger partial charge in [-0.15, -0.1) is 0 Å². The van der Waals surface area contributed by atoms with Gasteiger partial charge in [-0.1, -0.05) is 19.1 Å². The third-order valence-electron chi connectivity index (χ3n) is 7.55. The molecule has 0 radical (unpaired) electrons. The van der Waals surface area contributed by atoms with E-state index >= 15 is 0 Å². The first kappa shape index (κ1) is 27.1. The van der Waals surface area contributed by atoms with E-state index < -0.39 is 5.82 Å². The number of fused-ring (bicyclic) bond motifs is 1. The van der Waals surface area contributed by atoms with Gasteiger partial charge in [0, 0.05) is 36.1 Å². The van der Waals surface area contributed by atoms with Crippen LogP contribution in [0.4, 0.5) is 4.39 Å². The average molecular weight is 542 g/mol. The molecule has 0 unspecified atom stereocenters. The van der Waals surface area contributed by atoms with Crippen LogP contribution in [0.2, 0.25) is 0 Å². The van der Waals surface area contributed by atoms with Crippen molar-refractivity contribution in [2.45, 2.75) is 38.6 Å². The molecule has 40 heavy (non-hydrogen) atoms. The third-order valence-corrected chi connectivity index (χ3v) is 7.55. The number of hydrogen-bond donors (Lipinski definition) is 3. The third kappa shape index (κ3) is 5.21. The molecule has 3 aromatic carbocycles. The summed E-state index contributed by atoms with van der Waals surface area (Å²) in [5.74, 6) is -0.231. The average Bonchev–Trinajstić information content (AvgIpc) is 3.30. The standard InChI is InChI=1S/C32H32FN3O4/c1-18-16-32(2,17-18)36-30(38)21-7-5-6-20(12-21)24-15-25-26(13-22(24)14-27(37)34-3)40-29(28(25)31(39)35-4)19-8-10-23(33)11-9-19/h5-13,15,18H,14,16-17H2,1-4H3,(H,34,37)(H,35,39)(H,36,38). The molecular formula is C32H32FN3O4. The molecule has 1 aliphatic carbocycles. The van der Waals surface area contributed by atoms with Gasteiger partial charge in [0.2, 0.25) is 5.91 Å². The maximum atomic E-state index is 13.6. The summed E-state index contributed by atoms with van der Waals surface area (Å²) >= 11 is 0. The van der Waals surface area contributed by atoms with Crippen LogP contribution in [0.1, 0.15) is 53.0 Å². The zero-order valence-electron chi connectivity index (χ0n) is 23.0. The minimum absolute atomic E-state index is 0.0655. The number of benzene rings is 3. The molecule has 1 aliphatic rings. The van der Waals surface area contributed by atoms with Crippen molar-refractivity contribution >= 4 is 28.7 Å². The van der Waals surface area contributed by atoms with Crippen LogP contribution in [0.3, 0.4) is 0 Å². The normalized spacial score (nSPS) is 18.2. The number of rotatable bonds is 7. The summed E-state index contributed by atoms with van der Waals surface area (Å²) in [6, 6.07) is 16.5. The van der Waals surface area contributed by atoms with E-state index in [-0.39, 0.29) is 29.7 Å². The summed E-state index contributed by atoms with van der Waals surface area (Å²) in [5.41, 5.74) is 3.66. The van der Waals surface area contributed by atoms with E-state index in [0.717, 1.165) is 18.4 Å². The van der Waals surface area contributed by atoms with E-state index in [9.17, 15) is 18.8 Å². The van der Waals surface area contributed by atoms with E-state index in [4.69, 9.17) is 4.42 Å². The summed E-state index contributed by atoms with van der Waals surface area (Å²) in [5, 5.41) is 9.02. The highest BCUT2D eigenvalue weighted by molar-refractivity contribution is 6.12. The number of carbonyl (C=O) groups excluding carboxylic acids is 3. The molecule has 1 fully saturated rings. The fourth-order valence-electron chi connectivity index (χ4n) is 5.77. The number of amides is 3. The second-order valence-electron chi connectivity index (χ2n) is 10.9. The zero-order chi connectivity index (χ0) is 28.6. The second-order valence-corrected chi connectivity index (χ2v) is 10.9. The van der Waals surface area contributed by atoms with Crippen LogP contribution < -0.4 is 16.0 Å². The molecule has 8 heteroatoms. The number of nitrogens with one attached hydrogen (secondary N) is 3. The lowest BCUT2D eigenvalue weighted by atomic mass is 9.70. The minimum atomic E-state index is -0.402. The lowest BCUT2D eigenvalue weighted by Gasteiger charge is -2.44. The molecule has 1 aromatic heterocycles. The van der Waals surface area contributed by atoms with Gasteiger partial charge in [-0.3, -0.25) is 14.4 Å². The Labute approximate surface area is 232 Å². The Kier molecular flexibility index (Phi) is 7.19. The van der Waals surface area contributed by atoms with Crippen LogP contribution in [-0.4, -0.2) is 37.4 Å². The molecule has 0 saturated heterocycles. The van der Waals surface area contributed by atoms with Gasteiger partial charge in [-0.25, -0.2) is 4.39 Å². The van der Waals surface area contributed by atoms with Gasteiger partial charge in [-0.05, 0) is 90.9 Å². The highest BCUT2D eigenvalue weighted by Crippen LogP contribution is 2.39. The SMILES string of the molecule is CNC(=O)Cc1cc2oc(-c3ccc(F)cc3)c(C(=O)NC)c2cc1-c1cccc(C(=O)NC2(C)CC(C)C2)c1. The van der Waals surface area contributed by atoms with Crippen LogP contribution >= 0.6 is 0 Å². The van der Waals surface area contributed by atoms with Crippen LogP contribution in [0, 0.1) is 11.7 Å². The van der Waals surface area contributed by atoms with Gasteiger partial charge in [-0.2, -0.15) is 0 Å². The van der Waals surface area contributed by atoms with Crippen molar-refractivity contribution in [2.75, 3.05) is 14.1 Å². The van der Waals surface area contributed by atoms with Crippen LogP contribution in [0.5, 0.6) is 0 Å². The minimum Gasteiger partial charge on any atom is -0.455 e. The quantitative estimate of drug-likeness (QED) is 0.289. The summed E-state index contributed by atoms with van der Waals surface area (Å²) in [4.78, 5) is 38.7. The van der Waals surface area contributed by atoms with Crippen LogP contribution in [-0.2, 0) is 11.2 Å². The van der Waals surface area contributed by atoms with Crippen molar-refractivity contribution < 1.29 is 23.2 Å². The van der Waals surface area contributed by atoms with E-state index in [1.54, 1.807) is 37.4 Å². The van der Waals surface area contributed by atoms with Crippen LogP contribution in [0.25, 0.3) is 33.4 Å². The fourth-order valence-corrected chi connectivity index (χ4v) is 5.77. The predicted molar refractivity (Wildman–Crippen MR) is 152 cm³/mol. The lowest BCUT2D eigenvalue weighted by Crippen LogP contribution is -2.54. The molecule has 1 saturated carbocycles. The van der Waals surface area contributed by atoms with Crippen molar-refractivity contribution in [2.24, 2.45) is 5.92 Å². The van der Waals surface area contributed by atoms with E-state index in [2.05, 4.69) is 29.8 Å². The Morgan fingerprint density at radius 1 is 0.950 bits per heavy atom. The molecule has 7 nitrogen and oxygen atoms in total. The maximum Gasteiger partial charge on any atom is 0.255 e. The topological polar surface area (TPSA) is 100 Å². The van der Waals surface area contributed by atoms with Crippen LogP contribution in [0.15, 0.2) is 65.1 Å². The van der Waals surface area contributed by atoms with Crippen molar-refractivity contribution in [1.29, 1.82) is 0 Å². The van der Waals surface area contributed by atoms with Crippen molar-refractivity contribution in [1.82, 2.24) is 16.0 Å². The molecule has 0 aliphatic heterocycles. The maximum absolute atomic E-state index is 13.6. The Morgan fingerprint density at radius 3 is 2.33 bits per heavy atom. The molecule has 206 valence electrons. The van der Waals surface area contributed by atoms with Gasteiger partial charge < -0.3 is 20.4 Å². The molecule has 5 rings (SSSR count). The Hall–Kier alpha value is -4.46. The number of furan rings is 1.